The Kier molecular flexibility index (Phi) is 5.32. The highest BCUT2D eigenvalue weighted by Gasteiger charge is 2.12. The van der Waals surface area contributed by atoms with E-state index in [-0.39, 0.29) is 11.3 Å². The molecule has 2 rings (SSSR count). The molecule has 0 aliphatic rings. The number of hydrogen-bond donors (Lipinski definition) is 1. The van der Waals surface area contributed by atoms with Crippen molar-refractivity contribution in [2.75, 3.05) is 18.5 Å². The summed E-state index contributed by atoms with van der Waals surface area (Å²) in [5.41, 5.74) is 0.642. The summed E-state index contributed by atoms with van der Waals surface area (Å²) >= 11 is 0. The second-order valence-corrected chi connectivity index (χ2v) is 4.66. The van der Waals surface area contributed by atoms with E-state index in [1.54, 1.807) is 12.1 Å². The van der Waals surface area contributed by atoms with Crippen LogP contribution in [0.15, 0.2) is 48.5 Å². The number of hydrogen-bond acceptors (Lipinski definition) is 3. The van der Waals surface area contributed by atoms with Crippen molar-refractivity contribution < 1.29 is 13.9 Å². The van der Waals surface area contributed by atoms with E-state index in [0.29, 0.717) is 18.8 Å². The predicted octanol–water partition coefficient (Wildman–Crippen LogP) is 3.91. The quantitative estimate of drug-likeness (QED) is 0.620. The minimum absolute atomic E-state index is 0.112. The van der Waals surface area contributed by atoms with Crippen LogP contribution in [0.5, 0.6) is 5.75 Å². The van der Waals surface area contributed by atoms with Crippen molar-refractivity contribution in [2.24, 2.45) is 0 Å². The van der Waals surface area contributed by atoms with Crippen LogP contribution < -0.4 is 10.1 Å². The minimum Gasteiger partial charge on any atom is -0.494 e. The lowest BCUT2D eigenvalue weighted by molar-refractivity contribution is 0.101. The number of Topliss-reactive ketones (excluding diaryl/α,β-unsaturated/α-hetero) is 1. The molecule has 0 unspecified atom stereocenters. The largest absolute Gasteiger partial charge is 0.494 e. The van der Waals surface area contributed by atoms with Crippen LogP contribution in [0.1, 0.15) is 23.7 Å². The normalized spacial score (nSPS) is 10.2. The monoisotopic (exact) mass is 287 g/mol. The van der Waals surface area contributed by atoms with Gasteiger partial charge in [0.25, 0.3) is 0 Å². The number of carbonyl (C=O) groups is 1. The zero-order chi connectivity index (χ0) is 15.1. The second-order valence-electron chi connectivity index (χ2n) is 4.66. The Hall–Kier alpha value is -2.36. The standard InChI is InChI=1S/C17H18FNO2/c1-13(20)17-15(18)9-5-10-16(17)19-11-6-12-21-14-7-3-2-4-8-14/h2-5,7-10,19H,6,11-12H2,1H3. The van der Waals surface area contributed by atoms with Crippen LogP contribution in [0.25, 0.3) is 0 Å². The van der Waals surface area contributed by atoms with Gasteiger partial charge in [0.2, 0.25) is 0 Å². The zero-order valence-electron chi connectivity index (χ0n) is 11.9. The SMILES string of the molecule is CC(=O)c1c(F)cccc1NCCCOc1ccccc1. The molecule has 0 aliphatic heterocycles. The molecular weight excluding hydrogens is 269 g/mol. The van der Waals surface area contributed by atoms with Crippen LogP contribution in [-0.4, -0.2) is 18.9 Å². The Morgan fingerprint density at radius 2 is 1.90 bits per heavy atom. The number of halogens is 1. The van der Waals surface area contributed by atoms with Gasteiger partial charge in [-0.3, -0.25) is 4.79 Å². The third-order valence-electron chi connectivity index (χ3n) is 3.01. The Morgan fingerprint density at radius 1 is 1.14 bits per heavy atom. The first-order valence-corrected chi connectivity index (χ1v) is 6.89. The van der Waals surface area contributed by atoms with Crippen molar-refractivity contribution in [3.8, 4) is 5.75 Å². The number of nitrogens with one attached hydrogen (secondary N) is 1. The molecule has 3 nitrogen and oxygen atoms in total. The summed E-state index contributed by atoms with van der Waals surface area (Å²) < 4.78 is 19.2. The summed E-state index contributed by atoms with van der Waals surface area (Å²) in [4.78, 5) is 11.5. The summed E-state index contributed by atoms with van der Waals surface area (Å²) in [6.45, 7) is 2.53. The van der Waals surface area contributed by atoms with Gasteiger partial charge in [0.1, 0.15) is 11.6 Å². The molecule has 4 heteroatoms. The van der Waals surface area contributed by atoms with Crippen LogP contribution in [0.2, 0.25) is 0 Å². The highest BCUT2D eigenvalue weighted by Crippen LogP contribution is 2.19. The van der Waals surface area contributed by atoms with Gasteiger partial charge in [0.05, 0.1) is 12.2 Å². The van der Waals surface area contributed by atoms with Gasteiger partial charge in [0, 0.05) is 12.2 Å². The third kappa shape index (κ3) is 4.31. The number of ether oxygens (including phenoxy) is 1. The molecule has 1 N–H and O–H groups in total. The smallest absolute Gasteiger partial charge is 0.164 e. The lowest BCUT2D eigenvalue weighted by Gasteiger charge is -2.11. The van der Waals surface area contributed by atoms with E-state index in [0.717, 1.165) is 12.2 Å². The molecule has 0 bridgehead atoms. The Labute approximate surface area is 123 Å². The summed E-state index contributed by atoms with van der Waals surface area (Å²) in [5.74, 6) is 0.0526. The lowest BCUT2D eigenvalue weighted by Crippen LogP contribution is -2.11. The summed E-state index contributed by atoms with van der Waals surface area (Å²) in [6, 6.07) is 14.1. The van der Waals surface area contributed by atoms with E-state index in [2.05, 4.69) is 5.32 Å². The highest BCUT2D eigenvalue weighted by molar-refractivity contribution is 5.99. The fourth-order valence-corrected chi connectivity index (χ4v) is 2.03. The van der Waals surface area contributed by atoms with Crippen molar-refractivity contribution in [2.45, 2.75) is 13.3 Å². The van der Waals surface area contributed by atoms with E-state index in [1.807, 2.05) is 30.3 Å². The maximum atomic E-state index is 13.6. The number of para-hydroxylation sites is 1. The molecule has 0 fully saturated rings. The number of ketones is 1. The number of carbonyl (C=O) groups excluding carboxylic acids is 1. The fourth-order valence-electron chi connectivity index (χ4n) is 2.03. The van der Waals surface area contributed by atoms with Gasteiger partial charge in [-0.2, -0.15) is 0 Å². The molecule has 0 aliphatic carbocycles. The van der Waals surface area contributed by atoms with E-state index >= 15 is 0 Å². The van der Waals surface area contributed by atoms with E-state index in [4.69, 9.17) is 4.74 Å². The number of rotatable bonds is 7. The maximum absolute atomic E-state index is 13.6. The molecule has 21 heavy (non-hydrogen) atoms. The molecule has 0 spiro atoms. The van der Waals surface area contributed by atoms with E-state index in [1.165, 1.54) is 13.0 Å². The van der Waals surface area contributed by atoms with Gasteiger partial charge in [0.15, 0.2) is 5.78 Å². The average Bonchev–Trinajstić information content (AvgIpc) is 2.47. The molecule has 0 saturated heterocycles. The van der Waals surface area contributed by atoms with Crippen LogP contribution >= 0.6 is 0 Å². The second kappa shape index (κ2) is 7.43. The zero-order valence-corrected chi connectivity index (χ0v) is 11.9. The predicted molar refractivity (Wildman–Crippen MR) is 81.4 cm³/mol. The molecule has 0 heterocycles. The summed E-state index contributed by atoms with van der Waals surface area (Å²) in [6.07, 6.45) is 0.753. The van der Waals surface area contributed by atoms with Crippen molar-refractivity contribution in [1.82, 2.24) is 0 Å². The molecule has 110 valence electrons. The molecule has 0 saturated carbocycles. The molecule has 2 aromatic rings. The van der Waals surface area contributed by atoms with Crippen LogP contribution in [-0.2, 0) is 0 Å². The van der Waals surface area contributed by atoms with Crippen molar-refractivity contribution in [3.63, 3.8) is 0 Å². The highest BCUT2D eigenvalue weighted by atomic mass is 19.1. The fraction of sp³-hybridized carbons (Fsp3) is 0.235. The lowest BCUT2D eigenvalue weighted by atomic mass is 10.1. The Morgan fingerprint density at radius 3 is 2.62 bits per heavy atom. The first kappa shape index (κ1) is 15.0. The Balaban J connectivity index is 1.81. The first-order valence-electron chi connectivity index (χ1n) is 6.89. The molecule has 0 amide bonds. The van der Waals surface area contributed by atoms with Crippen LogP contribution in [0.4, 0.5) is 10.1 Å². The average molecular weight is 287 g/mol. The van der Waals surface area contributed by atoms with Gasteiger partial charge < -0.3 is 10.1 Å². The molecule has 0 aromatic heterocycles. The Bertz CT molecular complexity index is 599. The molecular formula is C17H18FNO2. The number of benzene rings is 2. The minimum atomic E-state index is -0.493. The van der Waals surface area contributed by atoms with Crippen LogP contribution in [0, 0.1) is 5.82 Å². The van der Waals surface area contributed by atoms with Crippen LogP contribution in [0.3, 0.4) is 0 Å². The first-order chi connectivity index (χ1) is 10.2. The van der Waals surface area contributed by atoms with Gasteiger partial charge in [-0.05, 0) is 37.6 Å². The van der Waals surface area contributed by atoms with Gasteiger partial charge in [-0.15, -0.1) is 0 Å². The summed E-state index contributed by atoms with van der Waals surface area (Å²) in [5, 5.41) is 3.08. The van der Waals surface area contributed by atoms with E-state index in [9.17, 15) is 9.18 Å². The van der Waals surface area contributed by atoms with E-state index < -0.39 is 5.82 Å². The third-order valence-corrected chi connectivity index (χ3v) is 3.01. The van der Waals surface area contributed by atoms with Crippen molar-refractivity contribution in [1.29, 1.82) is 0 Å². The number of anilines is 1. The van der Waals surface area contributed by atoms with Gasteiger partial charge in [-0.25, -0.2) is 4.39 Å². The maximum Gasteiger partial charge on any atom is 0.164 e. The topological polar surface area (TPSA) is 38.3 Å². The molecule has 2 aromatic carbocycles. The van der Waals surface area contributed by atoms with Crippen molar-refractivity contribution >= 4 is 11.5 Å². The summed E-state index contributed by atoms with van der Waals surface area (Å²) in [7, 11) is 0. The van der Waals surface area contributed by atoms with Crippen molar-refractivity contribution in [3.05, 3.63) is 59.9 Å². The molecule has 0 atom stereocenters. The van der Waals surface area contributed by atoms with Gasteiger partial charge >= 0.3 is 0 Å². The van der Waals surface area contributed by atoms with Gasteiger partial charge in [-0.1, -0.05) is 24.3 Å². The molecule has 0 radical (unpaired) electrons.